The molecule has 4 nitrogen and oxygen atoms in total. The Hall–Kier alpha value is -0.610. The average Bonchev–Trinajstić information content (AvgIpc) is 2.67. The van der Waals surface area contributed by atoms with Crippen LogP contribution in [0.2, 0.25) is 0 Å². The number of nitrogens with zero attached hydrogens (tertiary/aromatic N) is 1. The smallest absolute Gasteiger partial charge is 0.253 e. The van der Waals surface area contributed by atoms with Crippen LogP contribution < -0.4 is 5.73 Å². The Balaban J connectivity index is 2.58. The van der Waals surface area contributed by atoms with E-state index in [1.165, 1.54) is 7.11 Å². The minimum absolute atomic E-state index is 0.0550. The largest absolute Gasteiger partial charge is 0.370 e. The summed E-state index contributed by atoms with van der Waals surface area (Å²) >= 11 is 0. The summed E-state index contributed by atoms with van der Waals surface area (Å²) in [6.45, 7) is 3.24. The molecule has 0 aliphatic carbocycles. The topological polar surface area (TPSA) is 55.6 Å². The first-order chi connectivity index (χ1) is 6.74. The number of carbonyl (C=O) groups is 1. The van der Waals surface area contributed by atoms with Gasteiger partial charge in [0.15, 0.2) is 0 Å². The third kappa shape index (κ3) is 2.25. The molecule has 0 spiro atoms. The fourth-order valence-electron chi connectivity index (χ4n) is 2.03. The van der Waals surface area contributed by atoms with Gasteiger partial charge in [0.05, 0.1) is 0 Å². The number of hydrogen-bond acceptors (Lipinski definition) is 3. The van der Waals surface area contributed by atoms with Crippen molar-refractivity contribution in [3.63, 3.8) is 0 Å². The highest BCUT2D eigenvalue weighted by molar-refractivity contribution is 5.81. The van der Waals surface area contributed by atoms with Gasteiger partial charge in [0.2, 0.25) is 0 Å². The normalized spacial score (nSPS) is 23.9. The van der Waals surface area contributed by atoms with E-state index in [1.807, 2.05) is 4.90 Å². The summed E-state index contributed by atoms with van der Waals surface area (Å²) in [7, 11) is 1.53. The van der Waals surface area contributed by atoms with Crippen molar-refractivity contribution < 1.29 is 9.53 Å². The summed E-state index contributed by atoms with van der Waals surface area (Å²) in [5, 5.41) is 0. The highest BCUT2D eigenvalue weighted by Gasteiger charge is 2.31. The van der Waals surface area contributed by atoms with Crippen molar-refractivity contribution in [2.75, 3.05) is 20.2 Å². The van der Waals surface area contributed by atoms with Crippen LogP contribution in [0.4, 0.5) is 0 Å². The Morgan fingerprint density at radius 3 is 2.93 bits per heavy atom. The maximum absolute atomic E-state index is 11.9. The van der Waals surface area contributed by atoms with Crippen molar-refractivity contribution in [1.29, 1.82) is 0 Å². The molecular weight excluding hydrogens is 180 g/mol. The number of rotatable bonds is 4. The molecule has 1 rings (SSSR count). The predicted octanol–water partition coefficient (Wildman–Crippen LogP) is 0.361. The van der Waals surface area contributed by atoms with Crippen molar-refractivity contribution in [2.24, 2.45) is 5.73 Å². The van der Waals surface area contributed by atoms with Gasteiger partial charge in [-0.2, -0.15) is 0 Å². The monoisotopic (exact) mass is 200 g/mol. The third-order valence-electron chi connectivity index (χ3n) is 2.91. The molecule has 1 amide bonds. The first-order valence-electron chi connectivity index (χ1n) is 5.27. The van der Waals surface area contributed by atoms with Crippen LogP contribution in [0.3, 0.4) is 0 Å². The van der Waals surface area contributed by atoms with Gasteiger partial charge in [-0.05, 0) is 19.3 Å². The molecule has 0 aromatic heterocycles. The first kappa shape index (κ1) is 11.5. The second-order valence-electron chi connectivity index (χ2n) is 3.70. The molecule has 1 aliphatic rings. The van der Waals surface area contributed by atoms with Gasteiger partial charge in [-0.3, -0.25) is 4.79 Å². The second-order valence-corrected chi connectivity index (χ2v) is 3.70. The van der Waals surface area contributed by atoms with Gasteiger partial charge < -0.3 is 15.4 Å². The summed E-state index contributed by atoms with van der Waals surface area (Å²) in [4.78, 5) is 13.8. The summed E-state index contributed by atoms with van der Waals surface area (Å²) in [5.41, 5.74) is 5.47. The average molecular weight is 200 g/mol. The molecule has 2 N–H and O–H groups in total. The SMILES string of the molecule is CCC1CCCN1C(=O)C(CN)OC. The molecule has 14 heavy (non-hydrogen) atoms. The molecule has 2 unspecified atom stereocenters. The lowest BCUT2D eigenvalue weighted by atomic mass is 10.1. The Bertz CT molecular complexity index is 193. The summed E-state index contributed by atoms with van der Waals surface area (Å²) in [6, 6.07) is 0.395. The van der Waals surface area contributed by atoms with E-state index in [9.17, 15) is 4.79 Å². The van der Waals surface area contributed by atoms with Crippen molar-refractivity contribution in [2.45, 2.75) is 38.3 Å². The number of hydrogen-bond donors (Lipinski definition) is 1. The maximum Gasteiger partial charge on any atom is 0.253 e. The van der Waals surface area contributed by atoms with Crippen molar-refractivity contribution in [3.8, 4) is 0 Å². The molecule has 0 aromatic rings. The van der Waals surface area contributed by atoms with E-state index in [0.29, 0.717) is 6.04 Å². The van der Waals surface area contributed by atoms with Gasteiger partial charge in [-0.15, -0.1) is 0 Å². The zero-order chi connectivity index (χ0) is 10.6. The Kier molecular flexibility index (Phi) is 4.35. The van der Waals surface area contributed by atoms with Crippen LogP contribution in [-0.2, 0) is 9.53 Å². The number of ether oxygens (including phenoxy) is 1. The van der Waals surface area contributed by atoms with E-state index >= 15 is 0 Å². The molecule has 0 bridgehead atoms. The minimum atomic E-state index is -0.456. The number of methoxy groups -OCH3 is 1. The second kappa shape index (κ2) is 5.32. The highest BCUT2D eigenvalue weighted by atomic mass is 16.5. The van der Waals surface area contributed by atoms with Gasteiger partial charge >= 0.3 is 0 Å². The van der Waals surface area contributed by atoms with E-state index in [2.05, 4.69) is 6.92 Å². The maximum atomic E-state index is 11.9. The van der Waals surface area contributed by atoms with Crippen molar-refractivity contribution >= 4 is 5.91 Å². The first-order valence-corrected chi connectivity index (χ1v) is 5.27. The van der Waals surface area contributed by atoms with Crippen molar-refractivity contribution in [3.05, 3.63) is 0 Å². The summed E-state index contributed by atoms with van der Waals surface area (Å²) in [5.74, 6) is 0.0550. The highest BCUT2D eigenvalue weighted by Crippen LogP contribution is 2.20. The van der Waals surface area contributed by atoms with Crippen LogP contribution in [0.5, 0.6) is 0 Å². The lowest BCUT2D eigenvalue weighted by molar-refractivity contribution is -0.142. The molecule has 0 saturated carbocycles. The lowest BCUT2D eigenvalue weighted by Crippen LogP contribution is -2.45. The van der Waals surface area contributed by atoms with Crippen LogP contribution in [0.1, 0.15) is 26.2 Å². The zero-order valence-corrected chi connectivity index (χ0v) is 9.03. The summed E-state index contributed by atoms with van der Waals surface area (Å²) in [6.07, 6.45) is 2.78. The summed E-state index contributed by atoms with van der Waals surface area (Å²) < 4.78 is 5.05. The molecule has 0 radical (unpaired) electrons. The molecule has 82 valence electrons. The van der Waals surface area contributed by atoms with E-state index in [-0.39, 0.29) is 12.5 Å². The lowest BCUT2D eigenvalue weighted by Gasteiger charge is -2.27. The minimum Gasteiger partial charge on any atom is -0.370 e. The van der Waals surface area contributed by atoms with Crippen LogP contribution in [0.15, 0.2) is 0 Å². The molecule has 0 aromatic carbocycles. The number of amides is 1. The van der Waals surface area contributed by atoms with Gasteiger partial charge in [-0.1, -0.05) is 6.92 Å². The van der Waals surface area contributed by atoms with E-state index in [1.54, 1.807) is 0 Å². The third-order valence-corrected chi connectivity index (χ3v) is 2.91. The molecule has 1 saturated heterocycles. The number of carbonyl (C=O) groups excluding carboxylic acids is 1. The fourth-order valence-corrected chi connectivity index (χ4v) is 2.03. The molecular formula is C10H20N2O2. The molecule has 1 fully saturated rings. The van der Waals surface area contributed by atoms with E-state index < -0.39 is 6.10 Å². The Morgan fingerprint density at radius 2 is 2.43 bits per heavy atom. The van der Waals surface area contributed by atoms with Crippen LogP contribution in [-0.4, -0.2) is 43.2 Å². The zero-order valence-electron chi connectivity index (χ0n) is 9.03. The quantitative estimate of drug-likeness (QED) is 0.713. The van der Waals surface area contributed by atoms with E-state index in [0.717, 1.165) is 25.8 Å². The molecule has 1 aliphatic heterocycles. The molecule has 4 heteroatoms. The van der Waals surface area contributed by atoms with Crippen LogP contribution in [0, 0.1) is 0 Å². The molecule has 1 heterocycles. The van der Waals surface area contributed by atoms with Gasteiger partial charge in [0.1, 0.15) is 6.10 Å². The predicted molar refractivity (Wildman–Crippen MR) is 54.9 cm³/mol. The molecule has 2 atom stereocenters. The Morgan fingerprint density at radius 1 is 1.71 bits per heavy atom. The van der Waals surface area contributed by atoms with Gasteiger partial charge in [0, 0.05) is 26.2 Å². The van der Waals surface area contributed by atoms with Crippen LogP contribution >= 0.6 is 0 Å². The number of nitrogens with two attached hydrogens (primary N) is 1. The Labute approximate surface area is 85.4 Å². The fraction of sp³-hybridized carbons (Fsp3) is 0.900. The van der Waals surface area contributed by atoms with Gasteiger partial charge in [-0.25, -0.2) is 0 Å². The van der Waals surface area contributed by atoms with Crippen molar-refractivity contribution in [1.82, 2.24) is 4.90 Å². The van der Waals surface area contributed by atoms with Gasteiger partial charge in [0.25, 0.3) is 5.91 Å². The van der Waals surface area contributed by atoms with E-state index in [4.69, 9.17) is 10.5 Å². The standard InChI is InChI=1S/C10H20N2O2/c1-3-8-5-4-6-12(8)10(13)9(7-11)14-2/h8-9H,3-7,11H2,1-2H3. The van der Waals surface area contributed by atoms with Crippen LogP contribution in [0.25, 0.3) is 0 Å². The number of likely N-dealkylation sites (tertiary alicyclic amines) is 1.